The number of sulfonamides is 1. The zero-order valence-corrected chi connectivity index (χ0v) is 21.4. The van der Waals surface area contributed by atoms with Gasteiger partial charge < -0.3 is 20.1 Å². The van der Waals surface area contributed by atoms with Crippen LogP contribution >= 0.6 is 11.6 Å². The first-order valence-electron chi connectivity index (χ1n) is 11.0. The Labute approximate surface area is 217 Å². The maximum Gasteiger partial charge on any atom is 0.490 e. The zero-order valence-electron chi connectivity index (χ0n) is 19.9. The third-order valence-electron chi connectivity index (χ3n) is 5.23. The molecule has 2 aromatic rings. The molecule has 1 saturated heterocycles. The quantitative estimate of drug-likeness (QED) is 0.505. The van der Waals surface area contributed by atoms with Gasteiger partial charge in [-0.05, 0) is 29.8 Å². The average molecular weight is 566 g/mol. The van der Waals surface area contributed by atoms with E-state index >= 15 is 0 Å². The van der Waals surface area contributed by atoms with Crippen LogP contribution in [0.1, 0.15) is 15.9 Å². The van der Waals surface area contributed by atoms with E-state index in [0.717, 1.165) is 5.56 Å². The lowest BCUT2D eigenvalue weighted by molar-refractivity contribution is -0.192. The third-order valence-corrected chi connectivity index (χ3v) is 7.41. The minimum absolute atomic E-state index is 0.0630. The molecular formula is C23H27ClF3N3O6S. The number of carbonyl (C=O) groups excluding carboxylic acids is 1. The molecular weight excluding hydrogens is 539 g/mol. The maximum absolute atomic E-state index is 13.2. The number of hydrogen-bond acceptors (Lipinski definition) is 6. The van der Waals surface area contributed by atoms with Gasteiger partial charge in [-0.2, -0.15) is 17.5 Å². The molecule has 0 spiro atoms. The Morgan fingerprint density at radius 3 is 2.32 bits per heavy atom. The van der Waals surface area contributed by atoms with E-state index in [1.54, 1.807) is 31.4 Å². The first-order valence-corrected chi connectivity index (χ1v) is 13.0. The van der Waals surface area contributed by atoms with E-state index < -0.39 is 22.2 Å². The first-order chi connectivity index (χ1) is 17.3. The van der Waals surface area contributed by atoms with E-state index in [-0.39, 0.29) is 24.7 Å². The third kappa shape index (κ3) is 9.50. The van der Waals surface area contributed by atoms with Crippen LogP contribution in [0.3, 0.4) is 0 Å². The van der Waals surface area contributed by atoms with E-state index in [0.29, 0.717) is 42.5 Å². The van der Waals surface area contributed by atoms with Gasteiger partial charge in [0.15, 0.2) is 0 Å². The van der Waals surface area contributed by atoms with Gasteiger partial charge in [0.25, 0.3) is 5.91 Å². The largest absolute Gasteiger partial charge is 0.497 e. The van der Waals surface area contributed by atoms with E-state index in [9.17, 15) is 26.4 Å². The summed E-state index contributed by atoms with van der Waals surface area (Å²) in [5.74, 6) is -2.54. The minimum atomic E-state index is -5.08. The molecule has 1 fully saturated rings. The number of nitrogens with one attached hydrogen (secondary N) is 1. The lowest BCUT2D eigenvalue weighted by Crippen LogP contribution is -2.48. The monoisotopic (exact) mass is 565 g/mol. The van der Waals surface area contributed by atoms with Gasteiger partial charge in [-0.15, -0.1) is 0 Å². The van der Waals surface area contributed by atoms with Crippen molar-refractivity contribution < 1.29 is 41.0 Å². The van der Waals surface area contributed by atoms with Gasteiger partial charge in [-0.3, -0.25) is 4.79 Å². The minimum Gasteiger partial charge on any atom is -0.497 e. The fraction of sp³-hybridized carbons (Fsp3) is 0.391. The number of carboxylic acids is 1. The van der Waals surface area contributed by atoms with Gasteiger partial charge in [0.1, 0.15) is 5.75 Å². The van der Waals surface area contributed by atoms with Gasteiger partial charge in [-0.25, -0.2) is 13.2 Å². The number of hydrogen-bond donors (Lipinski definition) is 2. The highest BCUT2D eigenvalue weighted by Crippen LogP contribution is 2.20. The molecule has 3 rings (SSSR count). The SMILES string of the molecule is COc1cccc(CN(CCS(=O)(=O)N2CCNCC2)C(=O)c2ccccc2Cl)c1.O=C(O)C(F)(F)F. The molecule has 2 aromatic carbocycles. The molecule has 37 heavy (non-hydrogen) atoms. The van der Waals surface area contributed by atoms with Crippen molar-refractivity contribution >= 4 is 33.5 Å². The van der Waals surface area contributed by atoms with Crippen molar-refractivity contribution in [2.75, 3.05) is 45.6 Å². The molecule has 204 valence electrons. The number of benzene rings is 2. The number of nitrogens with zero attached hydrogens (tertiary/aromatic N) is 2. The lowest BCUT2D eigenvalue weighted by Gasteiger charge is -2.29. The van der Waals surface area contributed by atoms with Crippen LogP contribution in [-0.4, -0.2) is 86.4 Å². The smallest absolute Gasteiger partial charge is 0.490 e. The van der Waals surface area contributed by atoms with Crippen molar-refractivity contribution in [1.29, 1.82) is 0 Å². The Bertz CT molecular complexity index is 1170. The van der Waals surface area contributed by atoms with E-state index in [1.807, 2.05) is 24.3 Å². The summed E-state index contributed by atoms with van der Waals surface area (Å²) >= 11 is 6.22. The molecule has 0 saturated carbocycles. The van der Waals surface area contributed by atoms with Gasteiger partial charge in [0.05, 0.1) is 23.4 Å². The van der Waals surface area contributed by atoms with Gasteiger partial charge in [0.2, 0.25) is 10.0 Å². The average Bonchev–Trinajstić information content (AvgIpc) is 2.87. The fourth-order valence-corrected chi connectivity index (χ4v) is 4.99. The van der Waals surface area contributed by atoms with Gasteiger partial charge >= 0.3 is 12.1 Å². The summed E-state index contributed by atoms with van der Waals surface area (Å²) < 4.78 is 64.0. The first kappa shape index (κ1) is 30.4. The highest BCUT2D eigenvalue weighted by Gasteiger charge is 2.38. The number of piperazine rings is 1. The number of amides is 1. The summed E-state index contributed by atoms with van der Waals surface area (Å²) in [4.78, 5) is 23.6. The number of aliphatic carboxylic acids is 1. The number of carbonyl (C=O) groups is 2. The van der Waals surface area contributed by atoms with E-state index in [1.165, 1.54) is 9.21 Å². The highest BCUT2D eigenvalue weighted by atomic mass is 35.5. The van der Waals surface area contributed by atoms with Gasteiger partial charge in [0, 0.05) is 39.3 Å². The number of methoxy groups -OCH3 is 1. The topological polar surface area (TPSA) is 116 Å². The number of halogens is 4. The molecule has 9 nitrogen and oxygen atoms in total. The Kier molecular flexibility index (Phi) is 11.2. The fourth-order valence-electron chi connectivity index (χ4n) is 3.33. The predicted octanol–water partition coefficient (Wildman–Crippen LogP) is 2.86. The van der Waals surface area contributed by atoms with Crippen molar-refractivity contribution in [3.63, 3.8) is 0 Å². The summed E-state index contributed by atoms with van der Waals surface area (Å²) in [6, 6.07) is 14.1. The molecule has 0 atom stereocenters. The summed E-state index contributed by atoms with van der Waals surface area (Å²) in [7, 11) is -1.89. The Balaban J connectivity index is 0.000000604. The molecule has 1 heterocycles. The van der Waals surface area contributed by atoms with Crippen molar-refractivity contribution in [2.45, 2.75) is 12.7 Å². The second kappa shape index (κ2) is 13.6. The summed E-state index contributed by atoms with van der Waals surface area (Å²) in [6.07, 6.45) is -5.08. The molecule has 1 aliphatic rings. The van der Waals surface area contributed by atoms with Crippen LogP contribution < -0.4 is 10.1 Å². The Morgan fingerprint density at radius 1 is 1.14 bits per heavy atom. The standard InChI is InChI=1S/C21H26ClN3O4S.C2HF3O2/c1-29-18-6-4-5-17(15-18)16-24(21(26)19-7-2-3-8-20(19)22)13-14-30(27,28)25-11-9-23-10-12-25;3-2(4,5)1(6)7/h2-8,15,23H,9-14,16H2,1H3;(H,6,7). The van der Waals surface area contributed by atoms with Gasteiger partial charge in [-0.1, -0.05) is 35.9 Å². The zero-order chi connectivity index (χ0) is 27.6. The number of carboxylic acid groups (broad SMARTS) is 1. The van der Waals surface area contributed by atoms with E-state index in [2.05, 4.69) is 5.32 Å². The molecule has 1 amide bonds. The Morgan fingerprint density at radius 2 is 1.76 bits per heavy atom. The van der Waals surface area contributed by atoms with Crippen LogP contribution in [0.25, 0.3) is 0 Å². The normalized spacial score (nSPS) is 14.3. The number of ether oxygens (including phenoxy) is 1. The van der Waals surface area contributed by atoms with Crippen LogP contribution in [-0.2, 0) is 21.4 Å². The number of alkyl halides is 3. The highest BCUT2D eigenvalue weighted by molar-refractivity contribution is 7.89. The second-order valence-electron chi connectivity index (χ2n) is 7.83. The molecule has 2 N–H and O–H groups in total. The summed E-state index contributed by atoms with van der Waals surface area (Å²) in [5, 5.41) is 10.6. The molecule has 0 aromatic heterocycles. The van der Waals surface area contributed by atoms with Crippen molar-refractivity contribution in [3.05, 3.63) is 64.7 Å². The number of rotatable bonds is 8. The molecule has 0 bridgehead atoms. The van der Waals surface area contributed by atoms with Crippen LogP contribution in [0.4, 0.5) is 13.2 Å². The maximum atomic E-state index is 13.2. The Hall–Kier alpha value is -2.87. The van der Waals surface area contributed by atoms with Crippen LogP contribution in [0, 0.1) is 0 Å². The van der Waals surface area contributed by atoms with Crippen molar-refractivity contribution in [3.8, 4) is 5.75 Å². The van der Waals surface area contributed by atoms with Crippen molar-refractivity contribution in [2.24, 2.45) is 0 Å². The second-order valence-corrected chi connectivity index (χ2v) is 10.3. The van der Waals surface area contributed by atoms with Crippen LogP contribution in [0.2, 0.25) is 5.02 Å². The van der Waals surface area contributed by atoms with Crippen molar-refractivity contribution in [1.82, 2.24) is 14.5 Å². The molecule has 1 aliphatic heterocycles. The summed E-state index contributed by atoms with van der Waals surface area (Å²) in [6.45, 7) is 2.45. The summed E-state index contributed by atoms with van der Waals surface area (Å²) in [5.41, 5.74) is 1.19. The molecule has 0 radical (unpaired) electrons. The van der Waals surface area contributed by atoms with E-state index in [4.69, 9.17) is 26.2 Å². The lowest BCUT2D eigenvalue weighted by atomic mass is 10.1. The van der Waals surface area contributed by atoms with Crippen LogP contribution in [0.15, 0.2) is 48.5 Å². The molecule has 14 heteroatoms. The predicted molar refractivity (Wildman–Crippen MR) is 131 cm³/mol. The van der Waals surface area contributed by atoms with Crippen LogP contribution in [0.5, 0.6) is 5.75 Å². The molecule has 0 aliphatic carbocycles. The molecule has 0 unspecified atom stereocenters.